The van der Waals surface area contributed by atoms with Gasteiger partial charge in [-0.1, -0.05) is 41.9 Å². The molecule has 1 unspecified atom stereocenters. The van der Waals surface area contributed by atoms with Gasteiger partial charge in [-0.3, -0.25) is 0 Å². The van der Waals surface area contributed by atoms with Gasteiger partial charge in [-0.15, -0.1) is 0 Å². The molecule has 0 aliphatic rings. The molecule has 2 aromatic carbocycles. The van der Waals surface area contributed by atoms with Crippen LogP contribution in [0.25, 0.3) is 0 Å². The normalized spacial score (nSPS) is 12.5. The van der Waals surface area contributed by atoms with E-state index in [1.54, 1.807) is 0 Å². The average Bonchev–Trinajstić information content (AvgIpc) is 2.37. The lowest BCUT2D eigenvalue weighted by molar-refractivity contribution is 0.178. The van der Waals surface area contributed by atoms with E-state index in [0.717, 1.165) is 11.1 Å². The van der Waals surface area contributed by atoms with E-state index < -0.39 is 6.10 Å². The summed E-state index contributed by atoms with van der Waals surface area (Å²) in [4.78, 5) is 0. The van der Waals surface area contributed by atoms with E-state index in [-0.39, 0.29) is 0 Å². The first-order valence-electron chi connectivity index (χ1n) is 6.48. The van der Waals surface area contributed by atoms with Crippen LogP contribution in [0.4, 0.5) is 0 Å². The number of rotatable bonds is 3. The first kappa shape index (κ1) is 14.1. The van der Waals surface area contributed by atoms with Crippen LogP contribution >= 0.6 is 11.6 Å². The third-order valence-electron chi connectivity index (χ3n) is 3.62. The van der Waals surface area contributed by atoms with Gasteiger partial charge in [-0.2, -0.15) is 0 Å². The van der Waals surface area contributed by atoms with Gasteiger partial charge in [-0.25, -0.2) is 0 Å². The fraction of sp³-hybridized carbons (Fsp3) is 0.294. The molecule has 0 aliphatic carbocycles. The highest BCUT2D eigenvalue weighted by atomic mass is 35.5. The molecule has 0 bridgehead atoms. The zero-order chi connectivity index (χ0) is 14.0. The smallest absolute Gasteiger partial charge is 0.0831 e. The highest BCUT2D eigenvalue weighted by molar-refractivity contribution is 6.31. The number of hydrogen-bond acceptors (Lipinski definition) is 1. The first-order chi connectivity index (χ1) is 8.99. The molecule has 0 aliphatic heterocycles. The number of benzene rings is 2. The zero-order valence-corrected chi connectivity index (χ0v) is 12.3. The number of aliphatic hydroxyl groups is 1. The number of hydrogen-bond donors (Lipinski definition) is 1. The fourth-order valence-corrected chi connectivity index (χ4v) is 2.49. The van der Waals surface area contributed by atoms with Crippen molar-refractivity contribution in [2.45, 2.75) is 33.3 Å². The molecule has 2 rings (SSSR count). The molecule has 0 saturated heterocycles. The molecule has 2 aromatic rings. The van der Waals surface area contributed by atoms with Crippen LogP contribution in [0.15, 0.2) is 36.4 Å². The van der Waals surface area contributed by atoms with Crippen LogP contribution in [0.1, 0.15) is 33.9 Å². The fourth-order valence-electron chi connectivity index (χ4n) is 2.30. The Kier molecular flexibility index (Phi) is 4.28. The summed E-state index contributed by atoms with van der Waals surface area (Å²) in [5.41, 5.74) is 5.56. The van der Waals surface area contributed by atoms with E-state index in [9.17, 15) is 5.11 Å². The molecule has 100 valence electrons. The van der Waals surface area contributed by atoms with Crippen LogP contribution in [0.5, 0.6) is 0 Å². The van der Waals surface area contributed by atoms with E-state index >= 15 is 0 Å². The Morgan fingerprint density at radius 3 is 2.21 bits per heavy atom. The second-order valence-electron chi connectivity index (χ2n) is 5.10. The SMILES string of the molecule is Cc1ccc(C(O)Cc2c(C)cccc2C)cc1Cl. The van der Waals surface area contributed by atoms with Gasteiger partial charge in [0.2, 0.25) is 0 Å². The van der Waals surface area contributed by atoms with Gasteiger partial charge in [0.15, 0.2) is 0 Å². The van der Waals surface area contributed by atoms with Gasteiger partial charge in [0.25, 0.3) is 0 Å². The maximum Gasteiger partial charge on any atom is 0.0831 e. The predicted molar refractivity (Wildman–Crippen MR) is 80.8 cm³/mol. The molecular weight excluding hydrogens is 256 g/mol. The molecule has 0 heterocycles. The molecule has 0 saturated carbocycles. The summed E-state index contributed by atoms with van der Waals surface area (Å²) in [5.74, 6) is 0. The Hall–Kier alpha value is -1.31. The molecule has 0 amide bonds. The standard InChI is InChI=1S/C17H19ClO/c1-11-5-4-6-12(2)15(11)10-17(19)14-8-7-13(3)16(18)9-14/h4-9,17,19H,10H2,1-3H3. The van der Waals surface area contributed by atoms with Gasteiger partial charge < -0.3 is 5.11 Å². The van der Waals surface area contributed by atoms with Crippen molar-refractivity contribution in [3.63, 3.8) is 0 Å². The van der Waals surface area contributed by atoms with E-state index in [1.807, 2.05) is 31.2 Å². The topological polar surface area (TPSA) is 20.2 Å². The molecule has 2 heteroatoms. The Labute approximate surface area is 119 Å². The van der Waals surface area contributed by atoms with E-state index in [1.165, 1.54) is 16.7 Å². The molecule has 0 spiro atoms. The van der Waals surface area contributed by atoms with E-state index in [0.29, 0.717) is 11.4 Å². The second kappa shape index (κ2) is 5.77. The molecule has 1 atom stereocenters. The summed E-state index contributed by atoms with van der Waals surface area (Å²) in [6, 6.07) is 12.0. The van der Waals surface area contributed by atoms with Gasteiger partial charge >= 0.3 is 0 Å². The van der Waals surface area contributed by atoms with Gasteiger partial charge in [-0.05, 0) is 54.7 Å². The lowest BCUT2D eigenvalue weighted by Gasteiger charge is -2.16. The summed E-state index contributed by atoms with van der Waals surface area (Å²) in [7, 11) is 0. The summed E-state index contributed by atoms with van der Waals surface area (Å²) in [6.07, 6.45) is 0.107. The largest absolute Gasteiger partial charge is 0.388 e. The molecule has 1 nitrogen and oxygen atoms in total. The third kappa shape index (κ3) is 3.17. The highest BCUT2D eigenvalue weighted by Crippen LogP contribution is 2.26. The second-order valence-corrected chi connectivity index (χ2v) is 5.51. The van der Waals surface area contributed by atoms with Crippen molar-refractivity contribution in [2.75, 3.05) is 0 Å². The van der Waals surface area contributed by atoms with Crippen molar-refractivity contribution in [1.82, 2.24) is 0 Å². The molecule has 0 aromatic heterocycles. The summed E-state index contributed by atoms with van der Waals surface area (Å²) >= 11 is 6.11. The lowest BCUT2D eigenvalue weighted by atomic mass is 9.94. The van der Waals surface area contributed by atoms with E-state index in [4.69, 9.17) is 11.6 Å². The van der Waals surface area contributed by atoms with Crippen LogP contribution in [-0.2, 0) is 6.42 Å². The minimum atomic E-state index is -0.516. The maximum absolute atomic E-state index is 10.4. The van der Waals surface area contributed by atoms with Gasteiger partial charge in [0, 0.05) is 11.4 Å². The van der Waals surface area contributed by atoms with Crippen molar-refractivity contribution in [3.8, 4) is 0 Å². The molecule has 0 fully saturated rings. The van der Waals surface area contributed by atoms with E-state index in [2.05, 4.69) is 26.0 Å². The lowest BCUT2D eigenvalue weighted by Crippen LogP contribution is -2.05. The minimum Gasteiger partial charge on any atom is -0.388 e. The number of halogens is 1. The Morgan fingerprint density at radius 2 is 1.63 bits per heavy atom. The van der Waals surface area contributed by atoms with Crippen molar-refractivity contribution in [3.05, 3.63) is 69.2 Å². The Bertz CT molecular complexity index is 570. The van der Waals surface area contributed by atoms with Crippen molar-refractivity contribution in [1.29, 1.82) is 0 Å². The van der Waals surface area contributed by atoms with Crippen LogP contribution < -0.4 is 0 Å². The number of aliphatic hydroxyl groups excluding tert-OH is 1. The average molecular weight is 275 g/mol. The van der Waals surface area contributed by atoms with Crippen LogP contribution in [-0.4, -0.2) is 5.11 Å². The Balaban J connectivity index is 2.25. The monoisotopic (exact) mass is 274 g/mol. The van der Waals surface area contributed by atoms with Crippen molar-refractivity contribution >= 4 is 11.6 Å². The third-order valence-corrected chi connectivity index (χ3v) is 4.03. The minimum absolute atomic E-state index is 0.516. The Morgan fingerprint density at radius 1 is 1.00 bits per heavy atom. The number of aryl methyl sites for hydroxylation is 3. The molecule has 0 radical (unpaired) electrons. The predicted octanol–water partition coefficient (Wildman–Crippen LogP) is 4.54. The molecule has 19 heavy (non-hydrogen) atoms. The summed E-state index contributed by atoms with van der Waals surface area (Å²) in [5, 5.41) is 11.1. The van der Waals surface area contributed by atoms with Crippen LogP contribution in [0.2, 0.25) is 5.02 Å². The quantitative estimate of drug-likeness (QED) is 0.871. The summed E-state index contributed by atoms with van der Waals surface area (Å²) < 4.78 is 0. The molecule has 1 N–H and O–H groups in total. The zero-order valence-electron chi connectivity index (χ0n) is 11.6. The van der Waals surface area contributed by atoms with Gasteiger partial charge in [0.05, 0.1) is 6.10 Å². The van der Waals surface area contributed by atoms with Crippen molar-refractivity contribution in [2.24, 2.45) is 0 Å². The van der Waals surface area contributed by atoms with Gasteiger partial charge in [0.1, 0.15) is 0 Å². The van der Waals surface area contributed by atoms with Crippen LogP contribution in [0, 0.1) is 20.8 Å². The highest BCUT2D eigenvalue weighted by Gasteiger charge is 2.12. The first-order valence-corrected chi connectivity index (χ1v) is 6.86. The summed E-state index contributed by atoms with van der Waals surface area (Å²) in [6.45, 7) is 6.12. The maximum atomic E-state index is 10.4. The van der Waals surface area contributed by atoms with Crippen molar-refractivity contribution < 1.29 is 5.11 Å². The van der Waals surface area contributed by atoms with Crippen LogP contribution in [0.3, 0.4) is 0 Å². The molecular formula is C17H19ClO.